The van der Waals surface area contributed by atoms with Crippen LogP contribution in [0, 0.1) is 0 Å². The molecule has 0 aliphatic carbocycles. The third-order valence-electron chi connectivity index (χ3n) is 0. The minimum absolute atomic E-state index is 0. The fraction of sp³-hybridized carbons (Fsp3) is 0. The van der Waals surface area contributed by atoms with Gasteiger partial charge in [0, 0.05) is 9.90 Å². The third kappa shape index (κ3) is 3180. The van der Waals surface area contributed by atoms with Crippen molar-refractivity contribution in [3.05, 3.63) is 0 Å². The summed E-state index contributed by atoms with van der Waals surface area (Å²) in [7, 11) is -3.13. The first-order valence-electron chi connectivity index (χ1n) is 0.651. The summed E-state index contributed by atoms with van der Waals surface area (Å²) in [6.07, 6.45) is 0. The lowest BCUT2D eigenvalue weighted by Crippen LogP contribution is -1.90. The second-order valence-electron chi connectivity index (χ2n) is 0.283. The Morgan fingerprint density at radius 1 is 1.33 bits per heavy atom. The van der Waals surface area contributed by atoms with Crippen molar-refractivity contribution in [2.45, 2.75) is 0 Å². The molecule has 0 aliphatic heterocycles. The van der Waals surface area contributed by atoms with Crippen LogP contribution in [-0.4, -0.2) is 27.2 Å². The lowest BCUT2D eigenvalue weighted by Gasteiger charge is -1.55. The zero-order chi connectivity index (χ0) is 3.58. The van der Waals surface area contributed by atoms with Gasteiger partial charge in [-0.3, -0.25) is 4.46 Å². The van der Waals surface area contributed by atoms with Gasteiger partial charge in [0.05, 0.1) is 8.41 Å². The highest BCUT2D eigenvalue weighted by Gasteiger charge is 1.85. The SMILES string of the molecule is B.O=[Si](O)O.[P]. The van der Waals surface area contributed by atoms with Gasteiger partial charge in [-0.2, -0.15) is 0 Å². The van der Waals surface area contributed by atoms with Crippen LogP contribution >= 0.6 is 9.90 Å². The summed E-state index contributed by atoms with van der Waals surface area (Å²) in [6, 6.07) is 0. The predicted octanol–water partition coefficient (Wildman–Crippen LogP) is -1.94. The summed E-state index contributed by atoms with van der Waals surface area (Å²) in [5.41, 5.74) is 0. The number of hydrogen-bond acceptors (Lipinski definition) is 1. The average molecular weight is 123 g/mol. The second kappa shape index (κ2) is 8.93. The summed E-state index contributed by atoms with van der Waals surface area (Å²) in [6.45, 7) is 0. The minimum Gasteiger partial charge on any atom is -0.511 e. The smallest absolute Gasteiger partial charge is 0.511 e. The molecule has 0 spiro atoms. The Kier molecular flexibility index (Phi) is 24.5. The summed E-state index contributed by atoms with van der Waals surface area (Å²) in [5, 5.41) is 0. The monoisotopic (exact) mass is 123 g/mol. The molecule has 0 aromatic rings. The topological polar surface area (TPSA) is 57.5 Å². The lowest BCUT2D eigenvalue weighted by molar-refractivity contribution is 0.330. The van der Waals surface area contributed by atoms with Crippen LogP contribution in [0.2, 0.25) is 0 Å². The van der Waals surface area contributed by atoms with Gasteiger partial charge in [-0.15, -0.1) is 0 Å². The van der Waals surface area contributed by atoms with Gasteiger partial charge < -0.3 is 9.59 Å². The van der Waals surface area contributed by atoms with E-state index in [-0.39, 0.29) is 18.3 Å². The normalized spacial score (nSPS) is 4.00. The van der Waals surface area contributed by atoms with Crippen LogP contribution < -0.4 is 0 Å². The fourth-order valence-electron chi connectivity index (χ4n) is 0. The van der Waals surface area contributed by atoms with E-state index in [1.165, 1.54) is 0 Å². The van der Waals surface area contributed by atoms with Crippen molar-refractivity contribution in [2.24, 2.45) is 0 Å². The van der Waals surface area contributed by atoms with Crippen LogP contribution in [0.1, 0.15) is 0 Å². The summed E-state index contributed by atoms with van der Waals surface area (Å²) in [4.78, 5) is 14.3. The highest BCUT2D eigenvalue weighted by molar-refractivity contribution is 6.92. The summed E-state index contributed by atoms with van der Waals surface area (Å²) >= 11 is 0. The summed E-state index contributed by atoms with van der Waals surface area (Å²) < 4.78 is 8.74. The van der Waals surface area contributed by atoms with E-state index in [0.29, 0.717) is 0 Å². The van der Waals surface area contributed by atoms with Crippen molar-refractivity contribution in [3.8, 4) is 0 Å². The van der Waals surface area contributed by atoms with Crippen LogP contribution in [0.4, 0.5) is 0 Å². The van der Waals surface area contributed by atoms with Gasteiger partial charge in [0.2, 0.25) is 0 Å². The zero-order valence-electron chi connectivity index (χ0n) is 2.25. The largest absolute Gasteiger partial charge is 0.761 e. The third-order valence-corrected chi connectivity index (χ3v) is 0. The Morgan fingerprint density at radius 3 is 1.33 bits per heavy atom. The molecule has 3 radical (unpaired) electrons. The van der Waals surface area contributed by atoms with E-state index in [2.05, 4.69) is 0 Å². The van der Waals surface area contributed by atoms with E-state index >= 15 is 0 Å². The molecule has 0 fully saturated rings. The molecular formula is H5BO3PSi. The van der Waals surface area contributed by atoms with Crippen molar-refractivity contribution in [2.75, 3.05) is 0 Å². The molecule has 0 aromatic carbocycles. The van der Waals surface area contributed by atoms with Crippen LogP contribution in [-0.2, 0) is 4.46 Å². The molecule has 2 N–H and O–H groups in total. The van der Waals surface area contributed by atoms with E-state index in [4.69, 9.17) is 14.1 Å². The van der Waals surface area contributed by atoms with E-state index in [0.717, 1.165) is 0 Å². The minimum atomic E-state index is -3.13. The van der Waals surface area contributed by atoms with Crippen molar-refractivity contribution in [1.29, 1.82) is 0 Å². The maximum absolute atomic E-state index is 8.74. The molecule has 0 bridgehead atoms. The molecule has 6 heteroatoms. The quantitative estimate of drug-likeness (QED) is 0.291. The Morgan fingerprint density at radius 2 is 1.33 bits per heavy atom. The average Bonchev–Trinajstić information content (AvgIpc) is 0.811. The first-order valence-corrected chi connectivity index (χ1v) is 1.95. The molecule has 0 heterocycles. The molecule has 0 unspecified atom stereocenters. The molecule has 0 atom stereocenters. The van der Waals surface area contributed by atoms with Gasteiger partial charge in [-0.05, 0) is 0 Å². The highest BCUT2D eigenvalue weighted by Crippen LogP contribution is 1.27. The van der Waals surface area contributed by atoms with Crippen molar-refractivity contribution >= 4 is 27.5 Å². The standard InChI is InChI=1S/BH3.H2O3Si.P/c;1-4(2)3;/h1H3;1-2H;. The molecule has 0 amide bonds. The van der Waals surface area contributed by atoms with Crippen LogP contribution in [0.3, 0.4) is 0 Å². The predicted molar refractivity (Wildman–Crippen MR) is 27.7 cm³/mol. The summed E-state index contributed by atoms with van der Waals surface area (Å²) in [5.74, 6) is 0. The Balaban J connectivity index is -0.0000000450. The van der Waals surface area contributed by atoms with E-state index in [1.54, 1.807) is 0 Å². The molecule has 0 aliphatic rings. The Bertz CT molecular complexity index is 33.8. The van der Waals surface area contributed by atoms with Crippen LogP contribution in [0.15, 0.2) is 0 Å². The van der Waals surface area contributed by atoms with Gasteiger partial charge in [0.25, 0.3) is 0 Å². The van der Waals surface area contributed by atoms with Crippen LogP contribution in [0.25, 0.3) is 0 Å². The van der Waals surface area contributed by atoms with E-state index in [9.17, 15) is 0 Å². The molecule has 0 aromatic heterocycles. The molecule has 35 valence electrons. The second-order valence-corrected chi connectivity index (χ2v) is 0.848. The molecule has 0 rings (SSSR count). The maximum atomic E-state index is 8.74. The van der Waals surface area contributed by atoms with Crippen molar-refractivity contribution < 1.29 is 14.1 Å². The maximum Gasteiger partial charge on any atom is 0.761 e. The molecule has 6 heavy (non-hydrogen) atoms. The fourth-order valence-corrected chi connectivity index (χ4v) is 0. The first kappa shape index (κ1) is 16.5. The van der Waals surface area contributed by atoms with E-state index in [1.807, 2.05) is 0 Å². The molecule has 3 nitrogen and oxygen atoms in total. The highest BCUT2D eigenvalue weighted by atomic mass is 31.0. The Labute approximate surface area is 42.5 Å². The number of rotatable bonds is 0. The van der Waals surface area contributed by atoms with Gasteiger partial charge in [-0.1, -0.05) is 0 Å². The van der Waals surface area contributed by atoms with E-state index < -0.39 is 9.17 Å². The van der Waals surface area contributed by atoms with Gasteiger partial charge in [-0.25, -0.2) is 0 Å². The van der Waals surface area contributed by atoms with Crippen molar-refractivity contribution in [1.82, 2.24) is 0 Å². The van der Waals surface area contributed by atoms with Crippen molar-refractivity contribution in [3.63, 3.8) is 0 Å². The molecular weight excluding hydrogens is 118 g/mol. The van der Waals surface area contributed by atoms with Crippen LogP contribution in [0.5, 0.6) is 0 Å². The zero-order valence-corrected chi connectivity index (χ0v) is 4.14. The van der Waals surface area contributed by atoms with Gasteiger partial charge in [0.15, 0.2) is 0 Å². The van der Waals surface area contributed by atoms with Gasteiger partial charge in [0.1, 0.15) is 0 Å². The first-order chi connectivity index (χ1) is 1.73. The van der Waals surface area contributed by atoms with Gasteiger partial charge >= 0.3 is 9.17 Å². The molecule has 0 saturated heterocycles. The number of hydrogen-bond donors (Lipinski definition) is 2. The lowest BCUT2D eigenvalue weighted by atomic mass is 10.8. The molecule has 0 saturated carbocycles. The Hall–Kier alpha value is 0.112.